The van der Waals surface area contributed by atoms with Crippen LogP contribution in [0.15, 0.2) is 18.2 Å². The normalized spacial score (nSPS) is 23.2. The van der Waals surface area contributed by atoms with Crippen LogP contribution in [0.3, 0.4) is 0 Å². The number of hydrogen-bond acceptors (Lipinski definition) is 3. The number of aryl methyl sites for hydroxylation is 1. The topological polar surface area (TPSA) is 18.5 Å². The molecule has 0 bridgehead atoms. The summed E-state index contributed by atoms with van der Waals surface area (Å²) in [4.78, 5) is 5.22. The second kappa shape index (κ2) is 7.47. The molecule has 3 rings (SSSR count). The monoisotopic (exact) mass is 301 g/mol. The molecule has 2 aliphatic heterocycles. The van der Waals surface area contributed by atoms with E-state index >= 15 is 0 Å². The summed E-state index contributed by atoms with van der Waals surface area (Å²) in [6.07, 6.45) is 5.47. The van der Waals surface area contributed by atoms with Gasteiger partial charge < -0.3 is 10.2 Å². The van der Waals surface area contributed by atoms with Crippen LogP contribution in [0.25, 0.3) is 0 Å². The SMILES string of the molecule is Cc1cccc(N2CCN(CCCC3CCCN3)CC2)c1C. The number of hydrogen-bond donors (Lipinski definition) is 1. The Morgan fingerprint density at radius 2 is 1.95 bits per heavy atom. The molecule has 2 saturated heterocycles. The Balaban J connectivity index is 1.43. The molecule has 122 valence electrons. The first-order valence-electron chi connectivity index (χ1n) is 9.01. The summed E-state index contributed by atoms with van der Waals surface area (Å²) < 4.78 is 0. The number of rotatable bonds is 5. The molecule has 0 aromatic heterocycles. The number of benzene rings is 1. The van der Waals surface area contributed by atoms with Crippen LogP contribution in [0.4, 0.5) is 5.69 Å². The molecule has 1 unspecified atom stereocenters. The van der Waals surface area contributed by atoms with Crippen molar-refractivity contribution in [2.24, 2.45) is 0 Å². The first-order valence-corrected chi connectivity index (χ1v) is 9.01. The Labute approximate surface area is 135 Å². The third-order valence-electron chi connectivity index (χ3n) is 5.48. The molecule has 1 N–H and O–H groups in total. The molecule has 3 nitrogen and oxygen atoms in total. The van der Waals surface area contributed by atoms with E-state index in [0.29, 0.717) is 0 Å². The van der Waals surface area contributed by atoms with E-state index < -0.39 is 0 Å². The maximum absolute atomic E-state index is 3.61. The minimum absolute atomic E-state index is 0.802. The highest BCUT2D eigenvalue weighted by atomic mass is 15.3. The fourth-order valence-electron chi connectivity index (χ4n) is 3.85. The molecule has 22 heavy (non-hydrogen) atoms. The second-order valence-electron chi connectivity index (χ2n) is 6.98. The molecular weight excluding hydrogens is 270 g/mol. The van der Waals surface area contributed by atoms with E-state index in [1.165, 1.54) is 81.8 Å². The summed E-state index contributed by atoms with van der Waals surface area (Å²) in [6.45, 7) is 11.8. The smallest absolute Gasteiger partial charge is 0.0399 e. The van der Waals surface area contributed by atoms with Gasteiger partial charge in [0.05, 0.1) is 0 Å². The van der Waals surface area contributed by atoms with E-state index in [9.17, 15) is 0 Å². The van der Waals surface area contributed by atoms with Crippen molar-refractivity contribution >= 4 is 5.69 Å². The highest BCUT2D eigenvalue weighted by Crippen LogP contribution is 2.24. The fraction of sp³-hybridized carbons (Fsp3) is 0.684. The van der Waals surface area contributed by atoms with Crippen molar-refractivity contribution < 1.29 is 0 Å². The van der Waals surface area contributed by atoms with Gasteiger partial charge in [-0.1, -0.05) is 12.1 Å². The number of anilines is 1. The van der Waals surface area contributed by atoms with Gasteiger partial charge in [0.2, 0.25) is 0 Å². The largest absolute Gasteiger partial charge is 0.369 e. The van der Waals surface area contributed by atoms with Gasteiger partial charge in [0.25, 0.3) is 0 Å². The van der Waals surface area contributed by atoms with Crippen LogP contribution < -0.4 is 10.2 Å². The maximum atomic E-state index is 3.61. The summed E-state index contributed by atoms with van der Waals surface area (Å²) in [7, 11) is 0. The van der Waals surface area contributed by atoms with Gasteiger partial charge in [0.1, 0.15) is 0 Å². The van der Waals surface area contributed by atoms with Crippen molar-refractivity contribution in [1.29, 1.82) is 0 Å². The maximum Gasteiger partial charge on any atom is 0.0399 e. The van der Waals surface area contributed by atoms with Crippen molar-refractivity contribution in [2.45, 2.75) is 45.6 Å². The van der Waals surface area contributed by atoms with Crippen molar-refractivity contribution in [3.63, 3.8) is 0 Å². The minimum atomic E-state index is 0.802. The van der Waals surface area contributed by atoms with Crippen LogP contribution in [0.2, 0.25) is 0 Å². The molecule has 1 aromatic carbocycles. The lowest BCUT2D eigenvalue weighted by molar-refractivity contribution is 0.249. The Kier molecular flexibility index (Phi) is 5.37. The van der Waals surface area contributed by atoms with Crippen LogP contribution in [0, 0.1) is 13.8 Å². The Morgan fingerprint density at radius 1 is 1.14 bits per heavy atom. The molecule has 2 heterocycles. The van der Waals surface area contributed by atoms with Gasteiger partial charge in [-0.15, -0.1) is 0 Å². The lowest BCUT2D eigenvalue weighted by Gasteiger charge is -2.37. The van der Waals surface area contributed by atoms with E-state index in [4.69, 9.17) is 0 Å². The third kappa shape index (κ3) is 3.82. The van der Waals surface area contributed by atoms with Crippen molar-refractivity contribution in [3.05, 3.63) is 29.3 Å². The lowest BCUT2D eigenvalue weighted by atomic mass is 10.1. The molecule has 0 saturated carbocycles. The molecule has 1 atom stereocenters. The average Bonchev–Trinajstić information content (AvgIpc) is 3.04. The fourth-order valence-corrected chi connectivity index (χ4v) is 3.85. The van der Waals surface area contributed by atoms with Gasteiger partial charge in [0, 0.05) is 37.9 Å². The van der Waals surface area contributed by atoms with Crippen LogP contribution in [-0.2, 0) is 0 Å². The Bertz CT molecular complexity index is 472. The number of piperazine rings is 1. The van der Waals surface area contributed by atoms with E-state index in [2.05, 4.69) is 47.2 Å². The molecule has 0 aliphatic carbocycles. The number of nitrogens with one attached hydrogen (secondary N) is 1. The summed E-state index contributed by atoms with van der Waals surface area (Å²) in [5.41, 5.74) is 4.29. The summed E-state index contributed by atoms with van der Waals surface area (Å²) in [5, 5.41) is 3.61. The van der Waals surface area contributed by atoms with E-state index in [1.807, 2.05) is 0 Å². The predicted molar refractivity (Wildman–Crippen MR) is 94.8 cm³/mol. The summed E-state index contributed by atoms with van der Waals surface area (Å²) >= 11 is 0. The molecule has 0 radical (unpaired) electrons. The van der Waals surface area contributed by atoms with Crippen LogP contribution in [0.1, 0.15) is 36.8 Å². The van der Waals surface area contributed by atoms with Crippen molar-refractivity contribution in [3.8, 4) is 0 Å². The highest BCUT2D eigenvalue weighted by molar-refractivity contribution is 5.56. The van der Waals surface area contributed by atoms with Gasteiger partial charge in [0.15, 0.2) is 0 Å². The average molecular weight is 301 g/mol. The molecule has 0 spiro atoms. The molecule has 2 aliphatic rings. The highest BCUT2D eigenvalue weighted by Gasteiger charge is 2.19. The first kappa shape index (κ1) is 15.8. The van der Waals surface area contributed by atoms with Gasteiger partial charge in [-0.25, -0.2) is 0 Å². The zero-order valence-electron chi connectivity index (χ0n) is 14.3. The lowest BCUT2D eigenvalue weighted by Crippen LogP contribution is -2.47. The standard InChI is InChI=1S/C19H31N3/c1-16-6-3-9-19(17(16)2)22-14-12-21(13-15-22)11-5-8-18-7-4-10-20-18/h3,6,9,18,20H,4-5,7-8,10-15H2,1-2H3. The van der Waals surface area contributed by atoms with Crippen molar-refractivity contribution in [2.75, 3.05) is 44.2 Å². The van der Waals surface area contributed by atoms with E-state index in [1.54, 1.807) is 0 Å². The molecule has 1 aromatic rings. The first-order chi connectivity index (χ1) is 10.7. The molecule has 2 fully saturated rings. The van der Waals surface area contributed by atoms with Gasteiger partial charge in [-0.05, 0) is 69.8 Å². The Morgan fingerprint density at radius 3 is 2.68 bits per heavy atom. The van der Waals surface area contributed by atoms with Crippen LogP contribution in [-0.4, -0.2) is 50.2 Å². The molecule has 0 amide bonds. The Hall–Kier alpha value is -1.06. The quantitative estimate of drug-likeness (QED) is 0.902. The summed E-state index contributed by atoms with van der Waals surface area (Å²) in [5.74, 6) is 0. The molecular formula is C19H31N3. The van der Waals surface area contributed by atoms with Gasteiger partial charge >= 0.3 is 0 Å². The zero-order valence-corrected chi connectivity index (χ0v) is 14.3. The van der Waals surface area contributed by atoms with Crippen LogP contribution in [0.5, 0.6) is 0 Å². The van der Waals surface area contributed by atoms with E-state index in [0.717, 1.165) is 6.04 Å². The minimum Gasteiger partial charge on any atom is -0.369 e. The van der Waals surface area contributed by atoms with Gasteiger partial charge in [-0.2, -0.15) is 0 Å². The van der Waals surface area contributed by atoms with Gasteiger partial charge in [-0.3, -0.25) is 4.90 Å². The summed E-state index contributed by atoms with van der Waals surface area (Å²) in [6, 6.07) is 7.49. The third-order valence-corrected chi connectivity index (χ3v) is 5.48. The molecule has 3 heteroatoms. The predicted octanol–water partition coefficient (Wildman–Crippen LogP) is 2.96. The van der Waals surface area contributed by atoms with Crippen LogP contribution >= 0.6 is 0 Å². The second-order valence-corrected chi connectivity index (χ2v) is 6.98. The van der Waals surface area contributed by atoms with Crippen molar-refractivity contribution in [1.82, 2.24) is 10.2 Å². The van der Waals surface area contributed by atoms with E-state index in [-0.39, 0.29) is 0 Å². The zero-order chi connectivity index (χ0) is 15.4. The number of nitrogens with zero attached hydrogens (tertiary/aromatic N) is 2.